The molecule has 0 radical (unpaired) electrons. The molecule has 1 amide bonds. The number of nitrogens with two attached hydrogens (primary N) is 1. The number of aromatic nitrogens is 1. The van der Waals surface area contributed by atoms with Gasteiger partial charge in [0.15, 0.2) is 0 Å². The summed E-state index contributed by atoms with van der Waals surface area (Å²) in [5.41, 5.74) is 7.14. The zero-order valence-corrected chi connectivity index (χ0v) is 16.3. The highest BCUT2D eigenvalue weighted by atomic mass is 32.1. The van der Waals surface area contributed by atoms with Crippen molar-refractivity contribution < 1.29 is 9.90 Å². The second-order valence-electron chi connectivity index (χ2n) is 7.07. The van der Waals surface area contributed by atoms with Gasteiger partial charge in [0, 0.05) is 35.2 Å². The molecule has 1 aliphatic rings. The van der Waals surface area contributed by atoms with Crippen molar-refractivity contribution in [2.24, 2.45) is 5.73 Å². The Labute approximate surface area is 167 Å². The van der Waals surface area contributed by atoms with Crippen molar-refractivity contribution in [1.82, 2.24) is 10.3 Å². The molecule has 146 valence electrons. The smallest absolute Gasteiger partial charge is 0.251 e. The van der Waals surface area contributed by atoms with Gasteiger partial charge in [-0.2, -0.15) is 0 Å². The molecule has 3 aromatic rings. The van der Waals surface area contributed by atoms with Crippen LogP contribution in [0, 0.1) is 0 Å². The molecule has 1 aromatic carbocycles. The van der Waals surface area contributed by atoms with E-state index < -0.39 is 5.91 Å². The summed E-state index contributed by atoms with van der Waals surface area (Å²) in [4.78, 5) is 17.5. The Hall–Kier alpha value is -2.48. The van der Waals surface area contributed by atoms with E-state index in [4.69, 9.17) is 5.73 Å². The SMILES string of the molecule is NC(=O)c1cnc(NC2CCCNC2CCO)c2cc(-c3ccccc3)sc12. The third-order valence-corrected chi connectivity index (χ3v) is 6.44. The van der Waals surface area contributed by atoms with E-state index in [2.05, 4.69) is 33.8 Å². The molecule has 28 heavy (non-hydrogen) atoms. The minimum Gasteiger partial charge on any atom is -0.396 e. The van der Waals surface area contributed by atoms with Crippen LogP contribution < -0.4 is 16.4 Å². The monoisotopic (exact) mass is 396 g/mol. The van der Waals surface area contributed by atoms with Gasteiger partial charge in [-0.25, -0.2) is 4.98 Å². The van der Waals surface area contributed by atoms with Gasteiger partial charge in [0.2, 0.25) is 0 Å². The Bertz CT molecular complexity index is 971. The summed E-state index contributed by atoms with van der Waals surface area (Å²) in [5.74, 6) is 0.290. The van der Waals surface area contributed by atoms with Crippen molar-refractivity contribution in [2.75, 3.05) is 18.5 Å². The second-order valence-corrected chi connectivity index (χ2v) is 8.12. The van der Waals surface area contributed by atoms with Crippen LogP contribution in [-0.4, -0.2) is 41.2 Å². The van der Waals surface area contributed by atoms with Gasteiger partial charge in [0.05, 0.1) is 10.3 Å². The van der Waals surface area contributed by atoms with Crippen molar-refractivity contribution in [1.29, 1.82) is 0 Å². The number of aliphatic hydroxyl groups excluding tert-OH is 1. The Morgan fingerprint density at radius 3 is 2.93 bits per heavy atom. The molecule has 0 saturated carbocycles. The number of hydrogen-bond donors (Lipinski definition) is 4. The number of primary amides is 1. The molecule has 0 bridgehead atoms. The first-order valence-electron chi connectivity index (χ1n) is 9.56. The number of piperidine rings is 1. The summed E-state index contributed by atoms with van der Waals surface area (Å²) in [6.07, 6.45) is 4.34. The Morgan fingerprint density at radius 2 is 2.18 bits per heavy atom. The normalized spacial score (nSPS) is 19.6. The topological polar surface area (TPSA) is 100 Å². The summed E-state index contributed by atoms with van der Waals surface area (Å²) in [6.45, 7) is 1.11. The van der Waals surface area contributed by atoms with Crippen LogP contribution in [-0.2, 0) is 0 Å². The molecule has 3 heterocycles. The first-order valence-corrected chi connectivity index (χ1v) is 10.4. The molecular formula is C21H24N4O2S. The number of pyridine rings is 1. The summed E-state index contributed by atoms with van der Waals surface area (Å²) >= 11 is 1.56. The van der Waals surface area contributed by atoms with Gasteiger partial charge in [-0.1, -0.05) is 30.3 Å². The molecule has 2 unspecified atom stereocenters. The average molecular weight is 397 g/mol. The highest BCUT2D eigenvalue weighted by molar-refractivity contribution is 7.22. The predicted molar refractivity (Wildman–Crippen MR) is 114 cm³/mol. The molecule has 0 aliphatic carbocycles. The van der Waals surface area contributed by atoms with E-state index in [9.17, 15) is 9.90 Å². The van der Waals surface area contributed by atoms with Crippen LogP contribution in [0.5, 0.6) is 0 Å². The molecule has 1 aliphatic heterocycles. The van der Waals surface area contributed by atoms with Crippen LogP contribution >= 0.6 is 11.3 Å². The maximum Gasteiger partial charge on any atom is 0.251 e. The van der Waals surface area contributed by atoms with Crippen molar-refractivity contribution in [3.05, 3.63) is 48.2 Å². The van der Waals surface area contributed by atoms with Crippen molar-refractivity contribution in [2.45, 2.75) is 31.3 Å². The van der Waals surface area contributed by atoms with Crippen LogP contribution in [0.1, 0.15) is 29.6 Å². The van der Waals surface area contributed by atoms with Crippen LogP contribution in [0.4, 0.5) is 5.82 Å². The summed E-state index contributed by atoms with van der Waals surface area (Å²) < 4.78 is 0.853. The zero-order chi connectivity index (χ0) is 19.5. The van der Waals surface area contributed by atoms with Gasteiger partial charge in [0.25, 0.3) is 5.91 Å². The minimum atomic E-state index is -0.469. The highest BCUT2D eigenvalue weighted by Gasteiger charge is 2.26. The van der Waals surface area contributed by atoms with Gasteiger partial charge in [-0.3, -0.25) is 4.79 Å². The van der Waals surface area contributed by atoms with E-state index >= 15 is 0 Å². The van der Waals surface area contributed by atoms with Gasteiger partial charge in [-0.15, -0.1) is 11.3 Å². The minimum absolute atomic E-state index is 0.149. The van der Waals surface area contributed by atoms with Gasteiger partial charge < -0.3 is 21.5 Å². The molecule has 6 nitrogen and oxygen atoms in total. The number of fused-ring (bicyclic) bond motifs is 1. The zero-order valence-electron chi connectivity index (χ0n) is 15.5. The maximum absolute atomic E-state index is 11.9. The molecule has 5 N–H and O–H groups in total. The number of rotatable bonds is 6. The number of anilines is 1. The van der Waals surface area contributed by atoms with Crippen molar-refractivity contribution in [3.63, 3.8) is 0 Å². The Balaban J connectivity index is 1.75. The number of nitrogens with zero attached hydrogens (tertiary/aromatic N) is 1. The Kier molecular flexibility index (Phi) is 5.57. The lowest BCUT2D eigenvalue weighted by molar-refractivity contribution is 0.100. The van der Waals surface area contributed by atoms with Crippen LogP contribution in [0.15, 0.2) is 42.6 Å². The van der Waals surface area contributed by atoms with E-state index in [1.54, 1.807) is 17.5 Å². The Morgan fingerprint density at radius 1 is 1.36 bits per heavy atom. The lowest BCUT2D eigenvalue weighted by Gasteiger charge is -2.33. The molecular weight excluding hydrogens is 372 g/mol. The maximum atomic E-state index is 11.9. The molecule has 1 saturated heterocycles. The molecule has 7 heteroatoms. The van der Waals surface area contributed by atoms with Crippen molar-refractivity contribution in [3.8, 4) is 10.4 Å². The van der Waals surface area contributed by atoms with Crippen molar-refractivity contribution >= 4 is 33.1 Å². The number of carbonyl (C=O) groups is 1. The molecule has 2 aromatic heterocycles. The van der Waals surface area contributed by atoms with E-state index in [1.807, 2.05) is 18.2 Å². The fourth-order valence-corrected chi connectivity index (χ4v) is 4.98. The number of benzene rings is 1. The standard InChI is InChI=1S/C21H24N4O2S/c22-20(27)15-12-24-21(25-17-7-4-9-23-16(17)8-10-26)14-11-18(28-19(14)15)13-5-2-1-3-6-13/h1-3,5-6,11-12,16-17,23,26H,4,7-10H2,(H2,22,27)(H,24,25). The summed E-state index contributed by atoms with van der Waals surface area (Å²) in [7, 11) is 0. The fraction of sp³-hybridized carbons (Fsp3) is 0.333. The summed E-state index contributed by atoms with van der Waals surface area (Å²) in [6, 6.07) is 12.5. The van der Waals surface area contributed by atoms with Crippen LogP contribution in [0.2, 0.25) is 0 Å². The number of thiophene rings is 1. The third kappa shape index (κ3) is 3.73. The van der Waals surface area contributed by atoms with E-state index in [0.717, 1.165) is 45.7 Å². The number of nitrogens with one attached hydrogen (secondary N) is 2. The van der Waals surface area contributed by atoms with E-state index in [-0.39, 0.29) is 18.7 Å². The number of amides is 1. The number of hydrogen-bond acceptors (Lipinski definition) is 6. The second kappa shape index (κ2) is 8.26. The fourth-order valence-electron chi connectivity index (χ4n) is 3.80. The van der Waals surface area contributed by atoms with Gasteiger partial charge in [0.1, 0.15) is 5.82 Å². The predicted octanol–water partition coefficient (Wildman–Crippen LogP) is 2.98. The van der Waals surface area contributed by atoms with E-state index in [1.165, 1.54) is 0 Å². The lowest BCUT2D eigenvalue weighted by Crippen LogP contribution is -2.49. The largest absolute Gasteiger partial charge is 0.396 e. The van der Waals surface area contributed by atoms with E-state index in [0.29, 0.717) is 12.0 Å². The molecule has 4 rings (SSSR count). The molecule has 0 spiro atoms. The average Bonchev–Trinajstić information content (AvgIpc) is 3.16. The third-order valence-electron chi connectivity index (χ3n) is 5.22. The van der Waals surface area contributed by atoms with Crippen LogP contribution in [0.3, 0.4) is 0 Å². The first-order chi connectivity index (χ1) is 13.7. The van der Waals surface area contributed by atoms with Gasteiger partial charge >= 0.3 is 0 Å². The summed E-state index contributed by atoms with van der Waals surface area (Å²) in [5, 5.41) is 17.3. The first kappa shape index (κ1) is 18.9. The quantitative estimate of drug-likeness (QED) is 0.513. The van der Waals surface area contributed by atoms with Crippen LogP contribution in [0.25, 0.3) is 20.5 Å². The number of carbonyl (C=O) groups excluding carboxylic acids is 1. The molecule has 2 atom stereocenters. The lowest BCUT2D eigenvalue weighted by atomic mass is 9.96. The molecule has 1 fully saturated rings. The van der Waals surface area contributed by atoms with Gasteiger partial charge in [-0.05, 0) is 37.4 Å². The number of aliphatic hydroxyl groups is 1. The highest BCUT2D eigenvalue weighted by Crippen LogP contribution is 2.38.